The molecule has 1 atom stereocenters. The zero-order chi connectivity index (χ0) is 32.9. The third kappa shape index (κ3) is 8.97. The van der Waals surface area contributed by atoms with Crippen molar-refractivity contribution in [3.05, 3.63) is 126 Å². The molecule has 9 heteroatoms. The summed E-state index contributed by atoms with van der Waals surface area (Å²) in [6, 6.07) is 31.2. The van der Waals surface area contributed by atoms with Gasteiger partial charge in [-0.1, -0.05) is 104 Å². The quantitative estimate of drug-likeness (QED) is 0.148. The van der Waals surface area contributed by atoms with E-state index < -0.39 is 28.5 Å². The van der Waals surface area contributed by atoms with E-state index in [1.165, 1.54) is 17.0 Å². The molecule has 8 nitrogen and oxygen atoms in total. The van der Waals surface area contributed by atoms with Crippen LogP contribution in [-0.4, -0.2) is 50.9 Å². The van der Waals surface area contributed by atoms with E-state index in [0.29, 0.717) is 18.9 Å². The number of anilines is 1. The maximum absolute atomic E-state index is 14.6. The number of nitrogens with zero attached hydrogens (tertiary/aromatic N) is 2. The van der Waals surface area contributed by atoms with Gasteiger partial charge in [-0.2, -0.15) is 0 Å². The second kappa shape index (κ2) is 16.6. The van der Waals surface area contributed by atoms with Gasteiger partial charge < -0.3 is 15.0 Å². The van der Waals surface area contributed by atoms with Crippen LogP contribution < -0.4 is 14.4 Å². The topological polar surface area (TPSA) is 96.0 Å². The van der Waals surface area contributed by atoms with Crippen molar-refractivity contribution in [1.82, 2.24) is 10.2 Å². The number of ether oxygens (including phenoxy) is 1. The van der Waals surface area contributed by atoms with Crippen LogP contribution in [0.1, 0.15) is 43.4 Å². The number of aryl methyl sites for hydroxylation is 1. The Labute approximate surface area is 273 Å². The van der Waals surface area contributed by atoms with Crippen molar-refractivity contribution in [2.24, 2.45) is 0 Å². The Hall–Kier alpha value is -4.63. The first kappa shape index (κ1) is 34.2. The number of carbonyl (C=O) groups is 2. The predicted molar refractivity (Wildman–Crippen MR) is 182 cm³/mol. The molecule has 4 rings (SSSR count). The van der Waals surface area contributed by atoms with Crippen LogP contribution in [0.15, 0.2) is 114 Å². The molecule has 0 spiro atoms. The smallest absolute Gasteiger partial charge is 0.264 e. The highest BCUT2D eigenvalue weighted by Gasteiger charge is 2.35. The summed E-state index contributed by atoms with van der Waals surface area (Å²) in [4.78, 5) is 30.0. The van der Waals surface area contributed by atoms with Crippen molar-refractivity contribution in [2.75, 3.05) is 24.0 Å². The van der Waals surface area contributed by atoms with E-state index in [0.717, 1.165) is 33.8 Å². The molecule has 0 aliphatic carbocycles. The maximum Gasteiger partial charge on any atom is 0.264 e. The first-order chi connectivity index (χ1) is 22.2. The van der Waals surface area contributed by atoms with Crippen molar-refractivity contribution in [2.45, 2.75) is 57.5 Å². The van der Waals surface area contributed by atoms with Crippen LogP contribution in [0.2, 0.25) is 0 Å². The Morgan fingerprint density at radius 3 is 2.09 bits per heavy atom. The highest BCUT2D eigenvalue weighted by Crippen LogP contribution is 2.33. The molecule has 0 saturated heterocycles. The lowest BCUT2D eigenvalue weighted by Gasteiger charge is -2.34. The van der Waals surface area contributed by atoms with Gasteiger partial charge in [0.05, 0.1) is 17.2 Å². The van der Waals surface area contributed by atoms with E-state index in [1.54, 1.807) is 42.5 Å². The van der Waals surface area contributed by atoms with Crippen LogP contribution >= 0.6 is 0 Å². The zero-order valence-electron chi connectivity index (χ0n) is 26.8. The van der Waals surface area contributed by atoms with E-state index >= 15 is 0 Å². The Balaban J connectivity index is 1.81. The van der Waals surface area contributed by atoms with E-state index in [4.69, 9.17) is 4.74 Å². The molecule has 0 bridgehead atoms. The Morgan fingerprint density at radius 1 is 0.804 bits per heavy atom. The van der Waals surface area contributed by atoms with Crippen LogP contribution in [0, 0.1) is 6.92 Å². The summed E-state index contributed by atoms with van der Waals surface area (Å²) in [5.74, 6) is -0.469. The lowest BCUT2D eigenvalue weighted by atomic mass is 10.0. The lowest BCUT2D eigenvalue weighted by Crippen LogP contribution is -2.53. The summed E-state index contributed by atoms with van der Waals surface area (Å²) in [7, 11) is -4.22. The molecule has 4 aromatic rings. The normalized spacial score (nSPS) is 11.8. The maximum atomic E-state index is 14.6. The standard InChI is InChI=1S/C37H43N3O5S/c1-4-6-25-38-37(42)34(26-30-15-9-7-10-16-30)39(27-31-23-21-29(3)22-24-31)36(41)28-40(33-19-13-14-20-35(33)45-5-2)46(43,44)32-17-11-8-12-18-32/h7-24,34H,4-6,25-28H2,1-3H3,(H,38,42). The van der Waals surface area contributed by atoms with Crippen LogP contribution in [0.4, 0.5) is 5.69 Å². The molecule has 0 aliphatic rings. The van der Waals surface area contributed by atoms with Crippen LogP contribution in [0.3, 0.4) is 0 Å². The summed E-state index contributed by atoms with van der Waals surface area (Å²) in [5, 5.41) is 3.02. The molecule has 1 N–H and O–H groups in total. The molecular weight excluding hydrogens is 598 g/mol. The van der Waals surface area contributed by atoms with Crippen LogP contribution in [0.5, 0.6) is 5.75 Å². The van der Waals surface area contributed by atoms with Gasteiger partial charge in [-0.3, -0.25) is 13.9 Å². The molecular formula is C37H43N3O5S. The molecule has 0 aliphatic heterocycles. The number of sulfonamides is 1. The van der Waals surface area contributed by atoms with Gasteiger partial charge in [-0.05, 0) is 55.7 Å². The number of nitrogens with one attached hydrogen (secondary N) is 1. The zero-order valence-corrected chi connectivity index (χ0v) is 27.6. The van der Waals surface area contributed by atoms with Gasteiger partial charge in [0.15, 0.2) is 0 Å². The van der Waals surface area contributed by atoms with Crippen LogP contribution in [-0.2, 0) is 32.6 Å². The van der Waals surface area contributed by atoms with Crippen molar-refractivity contribution >= 4 is 27.5 Å². The minimum absolute atomic E-state index is 0.0392. The van der Waals surface area contributed by atoms with Gasteiger partial charge in [-0.15, -0.1) is 0 Å². The molecule has 242 valence electrons. The first-order valence-corrected chi connectivity index (χ1v) is 17.1. The minimum Gasteiger partial charge on any atom is -0.492 e. The SMILES string of the molecule is CCCCNC(=O)C(Cc1ccccc1)N(Cc1ccc(C)cc1)C(=O)CN(c1ccccc1OCC)S(=O)(=O)c1ccccc1. The van der Waals surface area contributed by atoms with Gasteiger partial charge in [0, 0.05) is 19.5 Å². The van der Waals surface area contributed by atoms with Crippen molar-refractivity contribution < 1.29 is 22.7 Å². The summed E-state index contributed by atoms with van der Waals surface area (Å²) < 4.78 is 35.4. The lowest BCUT2D eigenvalue weighted by molar-refractivity contribution is -0.140. The predicted octanol–water partition coefficient (Wildman–Crippen LogP) is 6.15. The summed E-state index contributed by atoms with van der Waals surface area (Å²) in [5.41, 5.74) is 3.01. The van der Waals surface area contributed by atoms with Gasteiger partial charge in [0.2, 0.25) is 11.8 Å². The molecule has 4 aromatic carbocycles. The Kier molecular flexibility index (Phi) is 12.4. The monoisotopic (exact) mass is 641 g/mol. The van der Waals surface area contributed by atoms with Crippen molar-refractivity contribution in [1.29, 1.82) is 0 Å². The summed E-state index contributed by atoms with van der Waals surface area (Å²) in [6.07, 6.45) is 1.96. The third-order valence-corrected chi connectivity index (χ3v) is 9.39. The average molecular weight is 642 g/mol. The number of carbonyl (C=O) groups excluding carboxylic acids is 2. The van der Waals surface area contributed by atoms with Gasteiger partial charge >= 0.3 is 0 Å². The number of unbranched alkanes of at least 4 members (excludes halogenated alkanes) is 1. The molecule has 2 amide bonds. The number of amides is 2. The van der Waals surface area contributed by atoms with Gasteiger partial charge in [0.25, 0.3) is 10.0 Å². The number of hydrogen-bond donors (Lipinski definition) is 1. The largest absolute Gasteiger partial charge is 0.492 e. The van der Waals surface area contributed by atoms with Crippen LogP contribution in [0.25, 0.3) is 0 Å². The molecule has 0 aromatic heterocycles. The summed E-state index contributed by atoms with van der Waals surface area (Å²) in [6.45, 7) is 6.19. The fraction of sp³-hybridized carbons (Fsp3) is 0.297. The van der Waals surface area contributed by atoms with E-state index in [9.17, 15) is 18.0 Å². The van der Waals surface area contributed by atoms with E-state index in [2.05, 4.69) is 5.32 Å². The molecule has 1 unspecified atom stereocenters. The molecule has 0 heterocycles. The third-order valence-electron chi connectivity index (χ3n) is 7.62. The molecule has 46 heavy (non-hydrogen) atoms. The van der Waals surface area contributed by atoms with Crippen molar-refractivity contribution in [3.63, 3.8) is 0 Å². The fourth-order valence-electron chi connectivity index (χ4n) is 5.12. The Bertz CT molecular complexity index is 1660. The summed E-state index contributed by atoms with van der Waals surface area (Å²) >= 11 is 0. The number of benzene rings is 4. The fourth-order valence-corrected chi connectivity index (χ4v) is 6.57. The average Bonchev–Trinajstić information content (AvgIpc) is 3.07. The van der Waals surface area contributed by atoms with Crippen molar-refractivity contribution in [3.8, 4) is 5.75 Å². The number of rotatable bonds is 16. The Morgan fingerprint density at radius 2 is 1.43 bits per heavy atom. The van der Waals surface area contributed by atoms with E-state index in [-0.39, 0.29) is 29.5 Å². The number of hydrogen-bond acceptors (Lipinski definition) is 5. The second-order valence-electron chi connectivity index (χ2n) is 11.1. The highest BCUT2D eigenvalue weighted by molar-refractivity contribution is 7.92. The second-order valence-corrected chi connectivity index (χ2v) is 12.9. The first-order valence-electron chi connectivity index (χ1n) is 15.7. The van der Waals surface area contributed by atoms with Gasteiger partial charge in [-0.25, -0.2) is 8.42 Å². The minimum atomic E-state index is -4.22. The van der Waals surface area contributed by atoms with E-state index in [1.807, 2.05) is 75.4 Å². The highest BCUT2D eigenvalue weighted by atomic mass is 32.2. The molecule has 0 radical (unpaired) electrons. The molecule has 0 fully saturated rings. The molecule has 0 saturated carbocycles. The van der Waals surface area contributed by atoms with Gasteiger partial charge in [0.1, 0.15) is 18.3 Å². The number of para-hydroxylation sites is 2.